The van der Waals surface area contributed by atoms with Crippen molar-refractivity contribution in [1.29, 1.82) is 0 Å². The number of halogens is 1. The van der Waals surface area contributed by atoms with Crippen LogP contribution < -0.4 is 16.0 Å². The summed E-state index contributed by atoms with van der Waals surface area (Å²) >= 11 is 7.22. The lowest BCUT2D eigenvalue weighted by atomic mass is 10.2. The van der Waals surface area contributed by atoms with Gasteiger partial charge in [0.25, 0.3) is 0 Å². The summed E-state index contributed by atoms with van der Waals surface area (Å²) in [7, 11) is -3.89. The summed E-state index contributed by atoms with van der Waals surface area (Å²) in [6, 6.07) is 13.9. The number of amides is 2. The van der Waals surface area contributed by atoms with Crippen LogP contribution >= 0.6 is 23.4 Å². The lowest BCUT2D eigenvalue weighted by molar-refractivity contribution is -0.122. The van der Waals surface area contributed by atoms with E-state index in [0.717, 1.165) is 11.1 Å². The SMILES string of the molecule is Cc1ccc(S(=O)(=O)C2CNC(SCC(=O)NCc3ccccc3)NC2=O)cc1Cl. The van der Waals surface area contributed by atoms with Crippen molar-refractivity contribution < 1.29 is 18.0 Å². The van der Waals surface area contributed by atoms with Crippen molar-refractivity contribution >= 4 is 45.0 Å². The number of nitrogens with one attached hydrogen (secondary N) is 3. The van der Waals surface area contributed by atoms with Gasteiger partial charge >= 0.3 is 0 Å². The van der Waals surface area contributed by atoms with E-state index in [1.54, 1.807) is 13.0 Å². The molecule has 0 radical (unpaired) electrons. The zero-order chi connectivity index (χ0) is 21.7. The van der Waals surface area contributed by atoms with Crippen molar-refractivity contribution in [3.05, 3.63) is 64.7 Å². The van der Waals surface area contributed by atoms with E-state index in [0.29, 0.717) is 11.6 Å². The molecule has 1 heterocycles. The van der Waals surface area contributed by atoms with Gasteiger partial charge in [0.1, 0.15) is 5.50 Å². The summed E-state index contributed by atoms with van der Waals surface area (Å²) < 4.78 is 25.6. The Balaban J connectivity index is 1.51. The monoisotopic (exact) mass is 467 g/mol. The van der Waals surface area contributed by atoms with Crippen LogP contribution in [0, 0.1) is 6.92 Å². The lowest BCUT2D eigenvalue weighted by Crippen LogP contribution is -2.59. The molecule has 3 N–H and O–H groups in total. The molecule has 30 heavy (non-hydrogen) atoms. The molecule has 2 atom stereocenters. The Morgan fingerprint density at radius 2 is 1.97 bits per heavy atom. The molecule has 0 bridgehead atoms. The van der Waals surface area contributed by atoms with Crippen molar-refractivity contribution in [3.8, 4) is 0 Å². The van der Waals surface area contributed by atoms with Crippen molar-refractivity contribution in [2.45, 2.75) is 29.1 Å². The molecule has 2 aromatic carbocycles. The van der Waals surface area contributed by atoms with E-state index < -0.39 is 26.5 Å². The number of hydrogen-bond acceptors (Lipinski definition) is 6. The predicted octanol–water partition coefficient (Wildman–Crippen LogP) is 1.84. The first kappa shape index (κ1) is 22.6. The van der Waals surface area contributed by atoms with Crippen molar-refractivity contribution in [2.24, 2.45) is 0 Å². The minimum Gasteiger partial charge on any atom is -0.351 e. The number of hydrogen-bond donors (Lipinski definition) is 3. The van der Waals surface area contributed by atoms with Gasteiger partial charge in [-0.1, -0.05) is 48.0 Å². The second-order valence-corrected chi connectivity index (χ2v) is 10.4. The Labute approximate surface area is 184 Å². The molecule has 1 fully saturated rings. The van der Waals surface area contributed by atoms with Crippen LogP contribution in [0.1, 0.15) is 11.1 Å². The molecular formula is C20H22ClN3O4S2. The number of carbonyl (C=O) groups is 2. The summed E-state index contributed by atoms with van der Waals surface area (Å²) in [4.78, 5) is 24.5. The normalized spacial score (nSPS) is 19.2. The zero-order valence-corrected chi connectivity index (χ0v) is 18.6. The Kier molecular flexibility index (Phi) is 7.41. The Morgan fingerprint density at radius 3 is 2.63 bits per heavy atom. The summed E-state index contributed by atoms with van der Waals surface area (Å²) in [5, 5.41) is 7.46. The van der Waals surface area contributed by atoms with Crippen LogP contribution in [0.15, 0.2) is 53.4 Å². The van der Waals surface area contributed by atoms with Gasteiger partial charge in [-0.15, -0.1) is 11.8 Å². The van der Waals surface area contributed by atoms with E-state index in [-0.39, 0.29) is 23.1 Å². The van der Waals surface area contributed by atoms with Gasteiger partial charge in [0.05, 0.1) is 10.6 Å². The molecule has 1 aliphatic heterocycles. The minimum atomic E-state index is -3.89. The molecule has 2 unspecified atom stereocenters. The molecular weight excluding hydrogens is 446 g/mol. The van der Waals surface area contributed by atoms with Gasteiger partial charge in [-0.25, -0.2) is 8.42 Å². The largest absolute Gasteiger partial charge is 0.351 e. The first-order valence-electron chi connectivity index (χ1n) is 9.23. The third-order valence-corrected chi connectivity index (χ3v) is 8.11. The standard InChI is InChI=1S/C20H22ClN3O4S2/c1-13-7-8-15(9-16(13)21)30(27,28)17-11-23-20(24-19(17)26)29-12-18(25)22-10-14-5-3-2-4-6-14/h2-9,17,20,23H,10-12H2,1H3,(H,22,25)(H,24,26). The number of rotatable bonds is 7. The number of sulfone groups is 1. The Hall–Kier alpha value is -2.07. The van der Waals surface area contributed by atoms with E-state index in [1.807, 2.05) is 30.3 Å². The second-order valence-electron chi connectivity index (χ2n) is 6.81. The molecule has 160 valence electrons. The van der Waals surface area contributed by atoms with E-state index in [9.17, 15) is 18.0 Å². The molecule has 2 amide bonds. The molecule has 0 saturated carbocycles. The summed E-state index contributed by atoms with van der Waals surface area (Å²) in [6.07, 6.45) is 0. The number of benzene rings is 2. The Bertz CT molecular complexity index is 1030. The molecule has 10 heteroatoms. The third kappa shape index (κ3) is 5.54. The fraction of sp³-hybridized carbons (Fsp3) is 0.300. The lowest BCUT2D eigenvalue weighted by Gasteiger charge is -2.29. The maximum absolute atomic E-state index is 12.8. The molecule has 1 saturated heterocycles. The van der Waals surface area contributed by atoms with E-state index >= 15 is 0 Å². The van der Waals surface area contributed by atoms with E-state index in [1.165, 1.54) is 23.9 Å². The predicted molar refractivity (Wildman–Crippen MR) is 118 cm³/mol. The van der Waals surface area contributed by atoms with Crippen LogP contribution in [0.4, 0.5) is 0 Å². The third-order valence-electron chi connectivity index (χ3n) is 4.61. The van der Waals surface area contributed by atoms with Crippen LogP contribution in [0.3, 0.4) is 0 Å². The zero-order valence-electron chi connectivity index (χ0n) is 16.2. The molecule has 2 aromatic rings. The number of thioether (sulfide) groups is 1. The van der Waals surface area contributed by atoms with Crippen molar-refractivity contribution in [3.63, 3.8) is 0 Å². The van der Waals surface area contributed by atoms with Gasteiger partial charge in [0, 0.05) is 18.1 Å². The maximum atomic E-state index is 12.8. The van der Waals surface area contributed by atoms with Crippen LogP contribution in [0.25, 0.3) is 0 Å². The molecule has 0 aromatic heterocycles. The molecule has 3 rings (SSSR count). The Morgan fingerprint density at radius 1 is 1.23 bits per heavy atom. The van der Waals surface area contributed by atoms with Gasteiger partial charge in [0.15, 0.2) is 15.1 Å². The van der Waals surface area contributed by atoms with Crippen LogP contribution in [-0.2, 0) is 26.0 Å². The first-order chi connectivity index (χ1) is 14.3. The van der Waals surface area contributed by atoms with Crippen LogP contribution in [0.2, 0.25) is 5.02 Å². The number of aryl methyl sites for hydroxylation is 1. The van der Waals surface area contributed by atoms with Gasteiger partial charge in [-0.3, -0.25) is 14.9 Å². The molecule has 7 nitrogen and oxygen atoms in total. The minimum absolute atomic E-state index is 0.00597. The highest BCUT2D eigenvalue weighted by molar-refractivity contribution is 8.00. The second kappa shape index (κ2) is 9.82. The average molecular weight is 468 g/mol. The summed E-state index contributed by atoms with van der Waals surface area (Å²) in [5.74, 6) is -0.660. The van der Waals surface area contributed by atoms with Gasteiger partial charge in [-0.05, 0) is 30.2 Å². The van der Waals surface area contributed by atoms with Gasteiger partial charge in [-0.2, -0.15) is 0 Å². The topological polar surface area (TPSA) is 104 Å². The van der Waals surface area contributed by atoms with E-state index in [4.69, 9.17) is 11.6 Å². The highest BCUT2D eigenvalue weighted by Crippen LogP contribution is 2.24. The number of carbonyl (C=O) groups excluding carboxylic acids is 2. The van der Waals surface area contributed by atoms with Crippen molar-refractivity contribution in [1.82, 2.24) is 16.0 Å². The van der Waals surface area contributed by atoms with Gasteiger partial charge < -0.3 is 10.6 Å². The summed E-state index contributed by atoms with van der Waals surface area (Å²) in [5.41, 5.74) is 1.20. The average Bonchev–Trinajstić information content (AvgIpc) is 2.73. The molecule has 0 aliphatic carbocycles. The smallest absolute Gasteiger partial charge is 0.241 e. The summed E-state index contributed by atoms with van der Waals surface area (Å²) in [6.45, 7) is 2.14. The van der Waals surface area contributed by atoms with Gasteiger partial charge in [0.2, 0.25) is 11.8 Å². The highest BCUT2D eigenvalue weighted by atomic mass is 35.5. The first-order valence-corrected chi connectivity index (χ1v) is 12.2. The van der Waals surface area contributed by atoms with E-state index in [2.05, 4.69) is 16.0 Å². The van der Waals surface area contributed by atoms with Crippen molar-refractivity contribution in [2.75, 3.05) is 12.3 Å². The van der Waals surface area contributed by atoms with Crippen LogP contribution in [-0.4, -0.2) is 43.3 Å². The van der Waals surface area contributed by atoms with Crippen LogP contribution in [0.5, 0.6) is 0 Å². The fourth-order valence-corrected chi connectivity index (χ4v) is 5.47. The fourth-order valence-electron chi connectivity index (χ4n) is 2.85. The quantitative estimate of drug-likeness (QED) is 0.574. The molecule has 0 spiro atoms. The molecule has 1 aliphatic rings. The highest BCUT2D eigenvalue weighted by Gasteiger charge is 2.38. The maximum Gasteiger partial charge on any atom is 0.241 e.